The van der Waals surface area contributed by atoms with Crippen molar-refractivity contribution in [1.29, 1.82) is 0 Å². The van der Waals surface area contributed by atoms with Gasteiger partial charge >= 0.3 is 0 Å². The lowest BCUT2D eigenvalue weighted by molar-refractivity contribution is 0.0565. The Balaban J connectivity index is 2.09. The van der Waals surface area contributed by atoms with E-state index in [9.17, 15) is 5.11 Å². The average Bonchev–Trinajstić information content (AvgIpc) is 2.83. The largest absolute Gasteiger partial charge is 0.392 e. The normalized spacial score (nSPS) is 13.9. The van der Waals surface area contributed by atoms with Crippen LogP contribution in [0.4, 0.5) is 0 Å². The summed E-state index contributed by atoms with van der Waals surface area (Å²) < 4.78 is 5.10. The lowest BCUT2D eigenvalue weighted by Gasteiger charge is -2.24. The first-order valence-corrected chi connectivity index (χ1v) is 6.30. The summed E-state index contributed by atoms with van der Waals surface area (Å²) in [7, 11) is 0. The predicted octanol–water partition coefficient (Wildman–Crippen LogP) is 2.14. The Morgan fingerprint density at radius 1 is 1.47 bits per heavy atom. The topological polar surface area (TPSA) is 72.0 Å². The molecule has 17 heavy (non-hydrogen) atoms. The summed E-state index contributed by atoms with van der Waals surface area (Å²) in [6.07, 6.45) is -0.146. The van der Waals surface area contributed by atoms with Gasteiger partial charge in [-0.15, -0.1) is 11.3 Å². The van der Waals surface area contributed by atoms with Gasteiger partial charge in [0.15, 0.2) is 0 Å². The van der Waals surface area contributed by atoms with Crippen LogP contribution in [0.25, 0.3) is 11.5 Å². The molecular formula is C11H15N3O2S. The van der Waals surface area contributed by atoms with Gasteiger partial charge in [-0.3, -0.25) is 0 Å². The SMILES string of the molecule is CC(C)(C)C(O)Cc1nc(-c2cscn2)no1. The zero-order valence-electron chi connectivity index (χ0n) is 10.0. The Morgan fingerprint density at radius 3 is 2.82 bits per heavy atom. The van der Waals surface area contributed by atoms with Gasteiger partial charge in [-0.05, 0) is 5.41 Å². The van der Waals surface area contributed by atoms with Gasteiger partial charge in [0.2, 0.25) is 11.7 Å². The van der Waals surface area contributed by atoms with E-state index in [1.54, 1.807) is 5.51 Å². The number of aromatic nitrogens is 3. The molecule has 0 aliphatic heterocycles. The molecule has 0 aliphatic rings. The second-order valence-corrected chi connectivity index (χ2v) is 5.69. The molecular weight excluding hydrogens is 238 g/mol. The van der Waals surface area contributed by atoms with Crippen molar-refractivity contribution in [2.45, 2.75) is 33.3 Å². The number of nitrogens with zero attached hydrogens (tertiary/aromatic N) is 3. The van der Waals surface area contributed by atoms with Crippen LogP contribution in [0.5, 0.6) is 0 Å². The number of thiazole rings is 1. The zero-order valence-corrected chi connectivity index (χ0v) is 10.9. The number of aliphatic hydroxyl groups is 1. The van der Waals surface area contributed by atoms with Crippen LogP contribution in [0.1, 0.15) is 26.7 Å². The molecule has 2 rings (SSSR count). The van der Waals surface area contributed by atoms with Crippen LogP contribution < -0.4 is 0 Å². The van der Waals surface area contributed by atoms with Gasteiger partial charge in [0, 0.05) is 5.38 Å². The molecule has 0 radical (unpaired) electrons. The van der Waals surface area contributed by atoms with E-state index < -0.39 is 6.10 Å². The van der Waals surface area contributed by atoms with Crippen molar-refractivity contribution in [3.63, 3.8) is 0 Å². The first-order valence-electron chi connectivity index (χ1n) is 5.36. The van der Waals surface area contributed by atoms with Gasteiger partial charge < -0.3 is 9.63 Å². The fourth-order valence-corrected chi connectivity index (χ4v) is 1.77. The quantitative estimate of drug-likeness (QED) is 0.907. The number of rotatable bonds is 3. The highest BCUT2D eigenvalue weighted by Gasteiger charge is 2.24. The van der Waals surface area contributed by atoms with Crippen LogP contribution in [0.2, 0.25) is 0 Å². The van der Waals surface area contributed by atoms with Crippen molar-refractivity contribution < 1.29 is 9.63 Å². The maximum Gasteiger partial charge on any atom is 0.229 e. The minimum Gasteiger partial charge on any atom is -0.392 e. The van der Waals surface area contributed by atoms with E-state index in [0.717, 1.165) is 0 Å². The van der Waals surface area contributed by atoms with E-state index in [-0.39, 0.29) is 5.41 Å². The van der Waals surface area contributed by atoms with Gasteiger partial charge in [0.1, 0.15) is 5.69 Å². The Labute approximate surface area is 104 Å². The third kappa shape index (κ3) is 2.89. The third-order valence-electron chi connectivity index (χ3n) is 2.50. The lowest BCUT2D eigenvalue weighted by atomic mass is 9.87. The van der Waals surface area contributed by atoms with E-state index in [1.165, 1.54) is 11.3 Å². The second-order valence-electron chi connectivity index (χ2n) is 4.97. The van der Waals surface area contributed by atoms with E-state index in [4.69, 9.17) is 4.52 Å². The third-order valence-corrected chi connectivity index (χ3v) is 3.08. The molecule has 2 heterocycles. The second kappa shape index (κ2) is 4.54. The maximum atomic E-state index is 9.94. The number of hydrogen-bond acceptors (Lipinski definition) is 6. The van der Waals surface area contributed by atoms with Crippen LogP contribution in [0, 0.1) is 5.41 Å². The van der Waals surface area contributed by atoms with E-state index >= 15 is 0 Å². The standard InChI is InChI=1S/C11H15N3O2S/c1-11(2,3)8(15)4-9-13-10(14-16-9)7-5-17-6-12-7/h5-6,8,15H,4H2,1-3H3. The summed E-state index contributed by atoms with van der Waals surface area (Å²) in [4.78, 5) is 8.31. The molecule has 0 spiro atoms. The highest BCUT2D eigenvalue weighted by atomic mass is 32.1. The summed E-state index contributed by atoms with van der Waals surface area (Å²) in [6, 6.07) is 0. The number of hydrogen-bond donors (Lipinski definition) is 1. The average molecular weight is 253 g/mol. The number of aliphatic hydroxyl groups excluding tert-OH is 1. The van der Waals surface area contributed by atoms with Gasteiger partial charge in [0.05, 0.1) is 18.0 Å². The predicted molar refractivity (Wildman–Crippen MR) is 64.6 cm³/mol. The molecule has 1 atom stereocenters. The van der Waals surface area contributed by atoms with Gasteiger partial charge in [0.25, 0.3) is 0 Å². The molecule has 92 valence electrons. The van der Waals surface area contributed by atoms with Gasteiger partial charge in [-0.1, -0.05) is 25.9 Å². The van der Waals surface area contributed by atoms with Crippen LogP contribution in [0.3, 0.4) is 0 Å². The molecule has 5 nitrogen and oxygen atoms in total. The Morgan fingerprint density at radius 2 is 2.24 bits per heavy atom. The fourth-order valence-electron chi connectivity index (χ4n) is 1.24. The van der Waals surface area contributed by atoms with Crippen molar-refractivity contribution in [3.05, 3.63) is 16.8 Å². The van der Waals surface area contributed by atoms with Crippen molar-refractivity contribution in [2.24, 2.45) is 5.41 Å². The smallest absolute Gasteiger partial charge is 0.229 e. The molecule has 1 N–H and O–H groups in total. The summed E-state index contributed by atoms with van der Waals surface area (Å²) >= 11 is 1.48. The minimum absolute atomic E-state index is 0.199. The fraction of sp³-hybridized carbons (Fsp3) is 0.545. The highest BCUT2D eigenvalue weighted by molar-refractivity contribution is 7.07. The molecule has 0 fully saturated rings. The molecule has 6 heteroatoms. The lowest BCUT2D eigenvalue weighted by Crippen LogP contribution is -2.28. The van der Waals surface area contributed by atoms with E-state index in [0.29, 0.717) is 23.8 Å². The molecule has 0 saturated heterocycles. The summed E-state index contributed by atoms with van der Waals surface area (Å²) in [5, 5.41) is 15.6. The highest BCUT2D eigenvalue weighted by Crippen LogP contribution is 2.23. The first kappa shape index (κ1) is 12.2. The molecule has 0 aromatic carbocycles. The molecule has 0 amide bonds. The van der Waals surface area contributed by atoms with Crippen molar-refractivity contribution in [2.75, 3.05) is 0 Å². The van der Waals surface area contributed by atoms with Crippen LogP contribution >= 0.6 is 11.3 Å². The molecule has 2 aromatic rings. The summed E-state index contributed by atoms with van der Waals surface area (Å²) in [5.74, 6) is 0.915. The van der Waals surface area contributed by atoms with Gasteiger partial charge in [-0.25, -0.2) is 4.98 Å². The van der Waals surface area contributed by atoms with Crippen molar-refractivity contribution in [1.82, 2.24) is 15.1 Å². The summed E-state index contributed by atoms with van der Waals surface area (Å²) in [5.41, 5.74) is 2.22. The zero-order chi connectivity index (χ0) is 12.5. The molecule has 0 aliphatic carbocycles. The van der Waals surface area contributed by atoms with Gasteiger partial charge in [-0.2, -0.15) is 4.98 Å². The molecule has 2 aromatic heterocycles. The maximum absolute atomic E-state index is 9.94. The molecule has 0 bridgehead atoms. The van der Waals surface area contributed by atoms with E-state index in [2.05, 4.69) is 15.1 Å². The Hall–Kier alpha value is -1.27. The molecule has 1 unspecified atom stereocenters. The first-order chi connectivity index (χ1) is 7.97. The molecule has 0 saturated carbocycles. The van der Waals surface area contributed by atoms with E-state index in [1.807, 2.05) is 26.2 Å². The Bertz CT molecular complexity index is 473. The van der Waals surface area contributed by atoms with Crippen molar-refractivity contribution >= 4 is 11.3 Å². The monoisotopic (exact) mass is 253 g/mol. The minimum atomic E-state index is -0.508. The summed E-state index contributed by atoms with van der Waals surface area (Å²) in [6.45, 7) is 5.90. The van der Waals surface area contributed by atoms with Crippen LogP contribution in [0.15, 0.2) is 15.4 Å². The van der Waals surface area contributed by atoms with Crippen molar-refractivity contribution in [3.8, 4) is 11.5 Å². The van der Waals surface area contributed by atoms with Crippen LogP contribution in [-0.4, -0.2) is 26.3 Å². The van der Waals surface area contributed by atoms with Crippen LogP contribution in [-0.2, 0) is 6.42 Å². The Kier molecular flexibility index (Phi) is 3.26.